The largest absolute Gasteiger partial charge is 0.458 e. The normalized spacial score (nSPS) is 17.8. The lowest BCUT2D eigenvalue weighted by atomic mass is 10.1. The van der Waals surface area contributed by atoms with E-state index in [1.807, 2.05) is 0 Å². The van der Waals surface area contributed by atoms with E-state index >= 15 is 0 Å². The Morgan fingerprint density at radius 2 is 1.85 bits per heavy atom. The molecule has 1 atom stereocenters. The fraction of sp³-hybridized carbons (Fsp3) is 0.353. The average Bonchev–Trinajstić information content (AvgIpc) is 2.63. The maximum Gasteiger partial charge on any atom is 0.416 e. The third-order valence-corrected chi connectivity index (χ3v) is 4.40. The summed E-state index contributed by atoms with van der Waals surface area (Å²) in [4.78, 5) is 22.2. The van der Waals surface area contributed by atoms with Gasteiger partial charge in [-0.05, 0) is 53.0 Å². The monoisotopic (exact) mass is 429 g/mol. The fourth-order valence-electron chi connectivity index (χ4n) is 2.71. The SMILES string of the molecule is O=C(c1ccc(C(F)(F)F)cc1)N1CCC[C@@H](Oc2ncc(Br)cn2)C1. The minimum absolute atomic E-state index is 0.221. The van der Waals surface area contributed by atoms with E-state index in [1.165, 1.54) is 12.1 Å². The van der Waals surface area contributed by atoms with Crippen LogP contribution < -0.4 is 4.74 Å². The van der Waals surface area contributed by atoms with Gasteiger partial charge >= 0.3 is 12.2 Å². The van der Waals surface area contributed by atoms with Crippen LogP contribution in [0.4, 0.5) is 13.2 Å². The van der Waals surface area contributed by atoms with E-state index in [0.717, 1.165) is 29.4 Å². The van der Waals surface area contributed by atoms with Crippen molar-refractivity contribution in [3.05, 3.63) is 52.3 Å². The van der Waals surface area contributed by atoms with Crippen LogP contribution in [0.3, 0.4) is 0 Å². The van der Waals surface area contributed by atoms with Crippen molar-refractivity contribution in [1.82, 2.24) is 14.9 Å². The van der Waals surface area contributed by atoms with Crippen LogP contribution in [0.5, 0.6) is 6.01 Å². The Bertz CT molecular complexity index is 766. The molecule has 1 aliphatic heterocycles. The molecule has 0 unspecified atom stereocenters. The Morgan fingerprint density at radius 1 is 1.19 bits per heavy atom. The maximum atomic E-state index is 12.6. The number of piperidine rings is 1. The van der Waals surface area contributed by atoms with E-state index < -0.39 is 11.7 Å². The van der Waals surface area contributed by atoms with Crippen LogP contribution in [0, 0.1) is 0 Å². The van der Waals surface area contributed by atoms with Crippen molar-refractivity contribution >= 4 is 21.8 Å². The molecule has 0 radical (unpaired) electrons. The molecule has 2 heterocycles. The molecule has 0 aliphatic carbocycles. The van der Waals surface area contributed by atoms with Crippen LogP contribution in [0.15, 0.2) is 41.1 Å². The third-order valence-electron chi connectivity index (χ3n) is 3.99. The van der Waals surface area contributed by atoms with Gasteiger partial charge in [0.2, 0.25) is 0 Å². The van der Waals surface area contributed by atoms with Crippen LogP contribution >= 0.6 is 15.9 Å². The number of hydrogen-bond acceptors (Lipinski definition) is 4. The molecule has 1 aromatic heterocycles. The summed E-state index contributed by atoms with van der Waals surface area (Å²) in [6.45, 7) is 0.861. The maximum absolute atomic E-state index is 12.6. The molecule has 26 heavy (non-hydrogen) atoms. The van der Waals surface area contributed by atoms with E-state index in [-0.39, 0.29) is 23.6 Å². The summed E-state index contributed by atoms with van der Waals surface area (Å²) >= 11 is 3.24. The van der Waals surface area contributed by atoms with Gasteiger partial charge in [-0.2, -0.15) is 13.2 Å². The number of halogens is 4. The number of alkyl halides is 3. The molecule has 2 aromatic rings. The highest BCUT2D eigenvalue weighted by atomic mass is 79.9. The number of nitrogens with zero attached hydrogens (tertiary/aromatic N) is 3. The highest BCUT2D eigenvalue weighted by Crippen LogP contribution is 2.29. The van der Waals surface area contributed by atoms with Crippen molar-refractivity contribution in [1.29, 1.82) is 0 Å². The van der Waals surface area contributed by atoms with Gasteiger partial charge in [0.25, 0.3) is 5.91 Å². The second kappa shape index (κ2) is 7.61. The van der Waals surface area contributed by atoms with Crippen molar-refractivity contribution in [3.8, 4) is 6.01 Å². The predicted molar refractivity (Wildman–Crippen MR) is 90.7 cm³/mol. The lowest BCUT2D eigenvalue weighted by molar-refractivity contribution is -0.137. The smallest absolute Gasteiger partial charge is 0.416 e. The van der Waals surface area contributed by atoms with Crippen LogP contribution in [0.25, 0.3) is 0 Å². The van der Waals surface area contributed by atoms with Gasteiger partial charge in [0, 0.05) is 24.5 Å². The molecule has 9 heteroatoms. The molecule has 1 aromatic carbocycles. The molecule has 1 saturated heterocycles. The van der Waals surface area contributed by atoms with Gasteiger partial charge in [0.05, 0.1) is 16.6 Å². The van der Waals surface area contributed by atoms with Gasteiger partial charge in [-0.15, -0.1) is 0 Å². The summed E-state index contributed by atoms with van der Waals surface area (Å²) in [5.41, 5.74) is -0.556. The van der Waals surface area contributed by atoms with Gasteiger partial charge < -0.3 is 9.64 Å². The molecule has 0 saturated carbocycles. The Labute approximate surface area is 156 Å². The lowest BCUT2D eigenvalue weighted by Gasteiger charge is -2.32. The third kappa shape index (κ3) is 4.51. The van der Waals surface area contributed by atoms with Gasteiger partial charge in [-0.3, -0.25) is 4.79 Å². The van der Waals surface area contributed by atoms with Gasteiger partial charge in [-0.1, -0.05) is 0 Å². The van der Waals surface area contributed by atoms with Crippen LogP contribution in [0.2, 0.25) is 0 Å². The number of amides is 1. The van der Waals surface area contributed by atoms with Gasteiger partial charge in [0.1, 0.15) is 6.10 Å². The zero-order chi connectivity index (χ0) is 18.7. The summed E-state index contributed by atoms with van der Waals surface area (Å²) in [5.74, 6) is -0.316. The minimum atomic E-state index is -4.42. The first-order chi connectivity index (χ1) is 12.3. The topological polar surface area (TPSA) is 55.3 Å². The number of benzene rings is 1. The van der Waals surface area contributed by atoms with E-state index in [9.17, 15) is 18.0 Å². The van der Waals surface area contributed by atoms with Crippen molar-refractivity contribution in [2.75, 3.05) is 13.1 Å². The average molecular weight is 430 g/mol. The first-order valence-corrected chi connectivity index (χ1v) is 8.73. The predicted octanol–water partition coefficient (Wildman–Crippen LogP) is 3.94. The van der Waals surface area contributed by atoms with Crippen LogP contribution in [-0.4, -0.2) is 40.0 Å². The first-order valence-electron chi connectivity index (χ1n) is 7.93. The second-order valence-corrected chi connectivity index (χ2v) is 6.81. The number of rotatable bonds is 3. The van der Waals surface area contributed by atoms with Crippen molar-refractivity contribution in [2.24, 2.45) is 0 Å². The summed E-state index contributed by atoms with van der Waals surface area (Å²) < 4.78 is 44.3. The van der Waals surface area contributed by atoms with Gasteiger partial charge in [-0.25, -0.2) is 9.97 Å². The van der Waals surface area contributed by atoms with Crippen molar-refractivity contribution in [2.45, 2.75) is 25.1 Å². The quantitative estimate of drug-likeness (QED) is 0.741. The Kier molecular flexibility index (Phi) is 5.45. The zero-order valence-corrected chi connectivity index (χ0v) is 15.1. The second-order valence-electron chi connectivity index (χ2n) is 5.89. The fourth-order valence-corrected chi connectivity index (χ4v) is 2.92. The number of hydrogen-bond donors (Lipinski definition) is 0. The number of carbonyl (C=O) groups is 1. The molecule has 0 spiro atoms. The van der Waals surface area contributed by atoms with E-state index in [4.69, 9.17) is 4.74 Å². The van der Waals surface area contributed by atoms with Crippen LogP contribution in [0.1, 0.15) is 28.8 Å². The number of ether oxygens (including phenoxy) is 1. The van der Waals surface area contributed by atoms with Crippen molar-refractivity contribution in [3.63, 3.8) is 0 Å². The Balaban J connectivity index is 1.65. The van der Waals surface area contributed by atoms with Crippen LogP contribution in [-0.2, 0) is 6.18 Å². The molecule has 5 nitrogen and oxygen atoms in total. The summed E-state index contributed by atoms with van der Waals surface area (Å²) in [6.07, 6.45) is -0.0736. The number of likely N-dealkylation sites (tertiary alicyclic amines) is 1. The lowest BCUT2D eigenvalue weighted by Crippen LogP contribution is -2.44. The molecule has 0 N–H and O–H groups in total. The van der Waals surface area contributed by atoms with E-state index in [1.54, 1.807) is 17.3 Å². The highest BCUT2D eigenvalue weighted by Gasteiger charge is 2.31. The molecule has 1 aliphatic rings. The Morgan fingerprint density at radius 3 is 2.46 bits per heavy atom. The summed E-state index contributed by atoms with van der Waals surface area (Å²) in [6, 6.07) is 4.46. The molecule has 1 fully saturated rings. The summed E-state index contributed by atoms with van der Waals surface area (Å²) in [7, 11) is 0. The number of aromatic nitrogens is 2. The Hall–Kier alpha value is -2.16. The van der Waals surface area contributed by atoms with Gasteiger partial charge in [0.15, 0.2) is 0 Å². The van der Waals surface area contributed by atoms with E-state index in [0.29, 0.717) is 13.1 Å². The standard InChI is InChI=1S/C17H15BrF3N3O2/c18-13-8-22-16(23-9-13)26-14-2-1-7-24(10-14)15(25)11-3-5-12(6-4-11)17(19,20)21/h3-6,8-9,14H,1-2,7,10H2/t14-/m1/s1. The summed E-state index contributed by atoms with van der Waals surface area (Å²) in [5, 5.41) is 0. The van der Waals surface area contributed by atoms with E-state index in [2.05, 4.69) is 25.9 Å². The highest BCUT2D eigenvalue weighted by molar-refractivity contribution is 9.10. The minimum Gasteiger partial charge on any atom is -0.458 e. The molecular weight excluding hydrogens is 415 g/mol. The zero-order valence-electron chi connectivity index (χ0n) is 13.5. The first kappa shape index (κ1) is 18.6. The molecule has 1 amide bonds. The molecular formula is C17H15BrF3N3O2. The molecule has 0 bridgehead atoms. The number of carbonyl (C=O) groups excluding carboxylic acids is 1. The molecule has 3 rings (SSSR count). The van der Waals surface area contributed by atoms with Crippen molar-refractivity contribution < 1.29 is 22.7 Å². The molecule has 138 valence electrons.